The number of alkyl halides is 1. The van der Waals surface area contributed by atoms with E-state index in [1.807, 2.05) is 4.90 Å². The minimum absolute atomic E-state index is 0.0797. The van der Waals surface area contributed by atoms with Gasteiger partial charge in [0.15, 0.2) is 0 Å². The van der Waals surface area contributed by atoms with Crippen molar-refractivity contribution in [2.75, 3.05) is 19.0 Å². The fraction of sp³-hybridized carbons (Fsp3) is 0.700. The summed E-state index contributed by atoms with van der Waals surface area (Å²) < 4.78 is 0. The van der Waals surface area contributed by atoms with E-state index in [0.717, 1.165) is 13.1 Å². The topological polar surface area (TPSA) is 20.3 Å². The highest BCUT2D eigenvalue weighted by Gasteiger charge is 2.26. The van der Waals surface area contributed by atoms with Gasteiger partial charge >= 0.3 is 0 Å². The molecule has 2 aliphatic rings. The summed E-state index contributed by atoms with van der Waals surface area (Å²) in [6.07, 6.45) is 4.98. The molecule has 0 aromatic heterocycles. The minimum Gasteiger partial charge on any atom is -0.334 e. The molecule has 3 heteroatoms. The molecule has 0 aromatic rings. The molecule has 0 fully saturated rings. The number of halogens is 1. The summed E-state index contributed by atoms with van der Waals surface area (Å²) in [5.74, 6) is 0.205. The highest BCUT2D eigenvalue weighted by atomic mass is 35.5. The van der Waals surface area contributed by atoms with Crippen LogP contribution in [0.15, 0.2) is 11.1 Å². The lowest BCUT2D eigenvalue weighted by Crippen LogP contribution is -2.30. The third-order valence-corrected chi connectivity index (χ3v) is 3.17. The number of amides is 1. The van der Waals surface area contributed by atoms with Crippen LogP contribution >= 0.6 is 11.6 Å². The summed E-state index contributed by atoms with van der Waals surface area (Å²) >= 11 is 5.52. The van der Waals surface area contributed by atoms with E-state index in [0.29, 0.717) is 0 Å². The van der Waals surface area contributed by atoms with Crippen molar-refractivity contribution >= 4 is 17.5 Å². The average Bonchev–Trinajstić information content (AvgIpc) is 2.59. The zero-order valence-electron chi connectivity index (χ0n) is 7.68. The lowest BCUT2D eigenvalue weighted by atomic mass is 9.94. The standard InChI is InChI=1S/C10H14ClNO/c11-5-10(13)12-6-8-3-1-2-4-9(8)7-12/h1-7H2. The zero-order valence-corrected chi connectivity index (χ0v) is 8.44. The highest BCUT2D eigenvalue weighted by molar-refractivity contribution is 6.27. The van der Waals surface area contributed by atoms with Gasteiger partial charge in [-0.25, -0.2) is 0 Å². The van der Waals surface area contributed by atoms with Crippen molar-refractivity contribution in [3.8, 4) is 0 Å². The molecular formula is C10H14ClNO. The van der Waals surface area contributed by atoms with Crippen molar-refractivity contribution in [1.29, 1.82) is 0 Å². The molecule has 1 heterocycles. The van der Waals surface area contributed by atoms with Crippen molar-refractivity contribution in [2.24, 2.45) is 0 Å². The first kappa shape index (κ1) is 9.07. The molecule has 2 nitrogen and oxygen atoms in total. The molecule has 0 spiro atoms. The summed E-state index contributed by atoms with van der Waals surface area (Å²) in [6.45, 7) is 1.70. The first-order valence-corrected chi connectivity index (χ1v) is 5.38. The molecule has 0 radical (unpaired) electrons. The Labute approximate surface area is 83.5 Å². The Bertz CT molecular complexity index is 242. The summed E-state index contributed by atoms with van der Waals surface area (Å²) in [5.41, 5.74) is 3.01. The molecular weight excluding hydrogens is 186 g/mol. The van der Waals surface area contributed by atoms with E-state index in [2.05, 4.69) is 0 Å². The van der Waals surface area contributed by atoms with E-state index >= 15 is 0 Å². The van der Waals surface area contributed by atoms with Gasteiger partial charge in [-0.3, -0.25) is 4.79 Å². The van der Waals surface area contributed by atoms with Crippen molar-refractivity contribution in [3.63, 3.8) is 0 Å². The van der Waals surface area contributed by atoms with E-state index in [4.69, 9.17) is 11.6 Å². The maximum Gasteiger partial charge on any atom is 0.238 e. The number of carbonyl (C=O) groups excluding carboxylic acids is 1. The van der Waals surface area contributed by atoms with Crippen molar-refractivity contribution in [1.82, 2.24) is 4.90 Å². The quantitative estimate of drug-likeness (QED) is 0.467. The molecule has 1 aliphatic carbocycles. The Morgan fingerprint density at radius 2 is 1.77 bits per heavy atom. The summed E-state index contributed by atoms with van der Waals surface area (Å²) in [7, 11) is 0. The summed E-state index contributed by atoms with van der Waals surface area (Å²) in [5, 5.41) is 0. The zero-order chi connectivity index (χ0) is 9.26. The molecule has 0 aromatic carbocycles. The van der Waals surface area contributed by atoms with Gasteiger partial charge in [-0.05, 0) is 36.8 Å². The van der Waals surface area contributed by atoms with E-state index in [1.165, 1.54) is 36.8 Å². The van der Waals surface area contributed by atoms with Crippen LogP contribution in [0.2, 0.25) is 0 Å². The molecule has 0 saturated heterocycles. The Kier molecular flexibility index (Phi) is 2.58. The largest absolute Gasteiger partial charge is 0.334 e. The summed E-state index contributed by atoms with van der Waals surface area (Å²) in [4.78, 5) is 13.2. The molecule has 0 N–H and O–H groups in total. The van der Waals surface area contributed by atoms with Gasteiger partial charge in [0.1, 0.15) is 5.88 Å². The third kappa shape index (κ3) is 1.73. The number of rotatable bonds is 1. The molecule has 72 valence electrons. The van der Waals surface area contributed by atoms with Crippen LogP contribution in [0.4, 0.5) is 0 Å². The third-order valence-electron chi connectivity index (χ3n) is 2.94. The Morgan fingerprint density at radius 1 is 1.23 bits per heavy atom. The Hall–Kier alpha value is -0.500. The predicted molar refractivity (Wildman–Crippen MR) is 52.8 cm³/mol. The fourth-order valence-electron chi connectivity index (χ4n) is 2.19. The molecule has 1 amide bonds. The number of nitrogens with zero attached hydrogens (tertiary/aromatic N) is 1. The monoisotopic (exact) mass is 199 g/mol. The van der Waals surface area contributed by atoms with E-state index in [-0.39, 0.29) is 11.8 Å². The molecule has 1 aliphatic heterocycles. The van der Waals surface area contributed by atoms with Crippen LogP contribution in [0, 0.1) is 0 Å². The highest BCUT2D eigenvalue weighted by Crippen LogP contribution is 2.30. The van der Waals surface area contributed by atoms with E-state index in [1.54, 1.807) is 0 Å². The predicted octanol–water partition coefficient (Wildman–Crippen LogP) is 1.94. The van der Waals surface area contributed by atoms with Crippen LogP contribution in [-0.4, -0.2) is 29.8 Å². The van der Waals surface area contributed by atoms with Gasteiger partial charge in [0.05, 0.1) is 0 Å². The van der Waals surface area contributed by atoms with Crippen molar-refractivity contribution in [3.05, 3.63) is 11.1 Å². The molecule has 0 unspecified atom stereocenters. The second-order valence-corrected chi connectivity index (χ2v) is 4.06. The van der Waals surface area contributed by atoms with Gasteiger partial charge in [0.2, 0.25) is 5.91 Å². The molecule has 0 saturated carbocycles. The maximum atomic E-state index is 11.3. The summed E-state index contributed by atoms with van der Waals surface area (Å²) in [6, 6.07) is 0. The second-order valence-electron chi connectivity index (χ2n) is 3.80. The SMILES string of the molecule is O=C(CCl)N1CC2=C(CCCC2)C1. The first-order chi connectivity index (χ1) is 6.31. The lowest BCUT2D eigenvalue weighted by molar-refractivity contribution is -0.127. The fourth-order valence-corrected chi connectivity index (χ4v) is 2.36. The lowest BCUT2D eigenvalue weighted by Gasteiger charge is -2.14. The maximum absolute atomic E-state index is 11.3. The van der Waals surface area contributed by atoms with Crippen LogP contribution < -0.4 is 0 Å². The van der Waals surface area contributed by atoms with Crippen LogP contribution in [0.5, 0.6) is 0 Å². The number of hydrogen-bond donors (Lipinski definition) is 0. The Morgan fingerprint density at radius 3 is 2.23 bits per heavy atom. The van der Waals surface area contributed by atoms with Gasteiger partial charge < -0.3 is 4.90 Å². The van der Waals surface area contributed by atoms with Crippen molar-refractivity contribution in [2.45, 2.75) is 25.7 Å². The van der Waals surface area contributed by atoms with Gasteiger partial charge in [-0.1, -0.05) is 0 Å². The smallest absolute Gasteiger partial charge is 0.238 e. The molecule has 2 rings (SSSR count). The molecule has 0 atom stereocenters. The average molecular weight is 200 g/mol. The molecule has 0 bridgehead atoms. The van der Waals surface area contributed by atoms with Crippen molar-refractivity contribution < 1.29 is 4.79 Å². The van der Waals surface area contributed by atoms with Gasteiger partial charge in [-0.15, -0.1) is 11.6 Å². The minimum atomic E-state index is 0.0797. The van der Waals surface area contributed by atoms with Gasteiger partial charge in [-0.2, -0.15) is 0 Å². The first-order valence-electron chi connectivity index (χ1n) is 4.85. The normalized spacial score (nSPS) is 22.1. The van der Waals surface area contributed by atoms with Crippen LogP contribution in [0.3, 0.4) is 0 Å². The molecule has 13 heavy (non-hydrogen) atoms. The van der Waals surface area contributed by atoms with E-state index < -0.39 is 0 Å². The number of carbonyl (C=O) groups is 1. The van der Waals surface area contributed by atoms with Crippen LogP contribution in [0.1, 0.15) is 25.7 Å². The van der Waals surface area contributed by atoms with Crippen LogP contribution in [0.25, 0.3) is 0 Å². The van der Waals surface area contributed by atoms with Crippen LogP contribution in [-0.2, 0) is 4.79 Å². The van der Waals surface area contributed by atoms with E-state index in [9.17, 15) is 4.79 Å². The number of hydrogen-bond acceptors (Lipinski definition) is 1. The van der Waals surface area contributed by atoms with Gasteiger partial charge in [0.25, 0.3) is 0 Å². The Balaban J connectivity index is 2.01. The van der Waals surface area contributed by atoms with Gasteiger partial charge in [0, 0.05) is 13.1 Å². The second kappa shape index (κ2) is 3.70.